The second kappa shape index (κ2) is 12.9. The van der Waals surface area contributed by atoms with Gasteiger partial charge < -0.3 is 10.4 Å². The van der Waals surface area contributed by atoms with Crippen molar-refractivity contribution in [3.05, 3.63) is 119 Å². The van der Waals surface area contributed by atoms with Crippen LogP contribution in [0.4, 0.5) is 18.9 Å². The zero-order chi connectivity index (χ0) is 30.1. The summed E-state index contributed by atoms with van der Waals surface area (Å²) >= 11 is 0. The average Bonchev–Trinajstić information content (AvgIpc) is 3.37. The van der Waals surface area contributed by atoms with Crippen molar-refractivity contribution in [2.75, 3.05) is 4.31 Å². The zero-order valence-electron chi connectivity index (χ0n) is 22.0. The first-order valence-electron chi connectivity index (χ1n) is 12.9. The molecule has 43 heavy (non-hydrogen) atoms. The van der Waals surface area contributed by atoms with Crippen LogP contribution in [0.25, 0.3) is 11.1 Å². The number of sulfonamides is 1. The topological polar surface area (TPSA) is 104 Å². The van der Waals surface area contributed by atoms with E-state index in [4.69, 9.17) is 5.11 Å². The maximum atomic E-state index is 13.9. The van der Waals surface area contributed by atoms with Crippen LogP contribution in [0.5, 0.6) is 0 Å². The van der Waals surface area contributed by atoms with Gasteiger partial charge in [-0.15, -0.1) is 0 Å². The van der Waals surface area contributed by atoms with Crippen molar-refractivity contribution in [2.45, 2.75) is 36.5 Å². The predicted molar refractivity (Wildman–Crippen MR) is 157 cm³/mol. The quantitative estimate of drug-likeness (QED) is 0.277. The van der Waals surface area contributed by atoms with Crippen LogP contribution in [0.1, 0.15) is 22.3 Å². The number of aliphatic carboxylic acids is 1. The third-order valence-corrected chi connectivity index (χ3v) is 8.84. The molecule has 0 spiro atoms. The van der Waals surface area contributed by atoms with Crippen molar-refractivity contribution in [1.82, 2.24) is 5.32 Å². The van der Waals surface area contributed by atoms with Gasteiger partial charge in [0.2, 0.25) is 5.91 Å². The van der Waals surface area contributed by atoms with Crippen molar-refractivity contribution in [2.24, 2.45) is 0 Å². The summed E-state index contributed by atoms with van der Waals surface area (Å²) in [5.74, 6) is -1.46. The number of fused-ring (bicyclic) bond motifs is 1. The molecule has 2 N–H and O–H groups in total. The Kier molecular flexibility index (Phi) is 9.70. The van der Waals surface area contributed by atoms with E-state index in [9.17, 15) is 31.2 Å². The van der Waals surface area contributed by atoms with E-state index in [1.165, 1.54) is 36.4 Å². The van der Waals surface area contributed by atoms with Crippen molar-refractivity contribution >= 4 is 57.1 Å². The molecule has 4 aromatic rings. The molecule has 5 rings (SSSR count). The van der Waals surface area contributed by atoms with Crippen molar-refractivity contribution in [3.63, 3.8) is 0 Å². The Morgan fingerprint density at radius 2 is 1.51 bits per heavy atom. The van der Waals surface area contributed by atoms with E-state index in [1.54, 1.807) is 48.5 Å². The van der Waals surface area contributed by atoms with Gasteiger partial charge in [-0.1, -0.05) is 66.7 Å². The number of para-hydroxylation sites is 1. The van der Waals surface area contributed by atoms with Crippen LogP contribution in [-0.2, 0) is 45.2 Å². The molecule has 1 aliphatic rings. The zero-order valence-corrected chi connectivity index (χ0v) is 22.8. The molecular weight excluding hydrogens is 592 g/mol. The number of nitrogens with zero attached hydrogens (tertiary/aromatic N) is 1. The van der Waals surface area contributed by atoms with Crippen LogP contribution in [0.2, 0.25) is 0 Å². The minimum absolute atomic E-state index is 0. The Morgan fingerprint density at radius 3 is 2.16 bits per heavy atom. The summed E-state index contributed by atoms with van der Waals surface area (Å²) in [7, 11) is -4.24. The van der Waals surface area contributed by atoms with Gasteiger partial charge in [0.1, 0.15) is 6.04 Å². The normalized spacial score (nSPS) is 14.5. The van der Waals surface area contributed by atoms with E-state index in [0.717, 1.165) is 16.4 Å². The van der Waals surface area contributed by atoms with Crippen LogP contribution in [0.3, 0.4) is 0 Å². The molecule has 4 aromatic carbocycles. The van der Waals surface area contributed by atoms with Crippen molar-refractivity contribution < 1.29 is 36.3 Å². The number of nitrogens with one attached hydrogen (secondary N) is 1. The number of amides is 1. The molecule has 0 radical (unpaired) electrons. The number of anilines is 1. The molecule has 0 aliphatic carbocycles. The van der Waals surface area contributed by atoms with Gasteiger partial charge in [0, 0.05) is 13.0 Å². The fourth-order valence-electron chi connectivity index (χ4n) is 4.92. The van der Waals surface area contributed by atoms with E-state index in [-0.39, 0.29) is 59.4 Å². The molecule has 0 saturated carbocycles. The average molecular weight is 619 g/mol. The fourth-order valence-corrected chi connectivity index (χ4v) is 6.57. The molecular formula is C31H26F3N2NaO5S. The van der Waals surface area contributed by atoms with Gasteiger partial charge in [-0.3, -0.25) is 13.9 Å². The van der Waals surface area contributed by atoms with Crippen LogP contribution in [-0.4, -0.2) is 61.0 Å². The van der Waals surface area contributed by atoms with Crippen molar-refractivity contribution in [1.29, 1.82) is 0 Å². The summed E-state index contributed by atoms with van der Waals surface area (Å²) in [5, 5.41) is 11.7. The number of alkyl halides is 3. The Balaban J connectivity index is 0.00000423. The van der Waals surface area contributed by atoms with Gasteiger partial charge >= 0.3 is 41.7 Å². The van der Waals surface area contributed by atoms with E-state index < -0.39 is 39.7 Å². The number of hydrogen-bond donors (Lipinski definition) is 2. The summed E-state index contributed by atoms with van der Waals surface area (Å²) in [6, 6.07) is 22.7. The number of carbonyl (C=O) groups excluding carboxylic acids is 1. The SMILES string of the molecule is O=C(O)Cc1ccc(CNC(=O)[C@@H]2Cc3ccccc3N2S(=O)(=O)c2ccc(-c3cccc(C(F)(F)F)c3)cc2)cc1.[NaH]. The molecule has 0 saturated heterocycles. The molecule has 1 atom stereocenters. The number of carboxylic acid groups (broad SMARTS) is 1. The summed E-state index contributed by atoms with van der Waals surface area (Å²) in [6.45, 7) is 0.110. The molecule has 0 aromatic heterocycles. The maximum absolute atomic E-state index is 13.9. The second-order valence-electron chi connectivity index (χ2n) is 9.86. The van der Waals surface area contributed by atoms with Gasteiger partial charge in [-0.05, 0) is 58.1 Å². The number of hydrogen-bond acceptors (Lipinski definition) is 4. The van der Waals surface area contributed by atoms with E-state index in [2.05, 4.69) is 5.32 Å². The van der Waals surface area contributed by atoms with Crippen LogP contribution in [0, 0.1) is 0 Å². The molecule has 1 aliphatic heterocycles. The van der Waals surface area contributed by atoms with E-state index in [0.29, 0.717) is 27.9 Å². The Bertz CT molecular complexity index is 1740. The first-order chi connectivity index (χ1) is 19.9. The third-order valence-electron chi connectivity index (χ3n) is 7.01. The van der Waals surface area contributed by atoms with E-state index in [1.807, 2.05) is 0 Å². The van der Waals surface area contributed by atoms with Gasteiger partial charge in [-0.2, -0.15) is 13.2 Å². The monoisotopic (exact) mass is 618 g/mol. The molecule has 12 heteroatoms. The van der Waals surface area contributed by atoms with Gasteiger partial charge in [-0.25, -0.2) is 8.42 Å². The van der Waals surface area contributed by atoms with Gasteiger partial charge in [0.15, 0.2) is 0 Å². The van der Waals surface area contributed by atoms with Gasteiger partial charge in [0.25, 0.3) is 10.0 Å². The van der Waals surface area contributed by atoms with Crippen LogP contribution in [0.15, 0.2) is 102 Å². The predicted octanol–water partition coefficient (Wildman–Crippen LogP) is 4.79. The molecule has 218 valence electrons. The fraction of sp³-hybridized carbons (Fsp3) is 0.161. The van der Waals surface area contributed by atoms with Crippen LogP contribution < -0.4 is 9.62 Å². The summed E-state index contributed by atoms with van der Waals surface area (Å²) in [5.41, 5.74) is 2.26. The first kappa shape index (κ1) is 32.3. The number of rotatable bonds is 8. The van der Waals surface area contributed by atoms with Gasteiger partial charge in [0.05, 0.1) is 22.6 Å². The van der Waals surface area contributed by atoms with Crippen LogP contribution >= 0.6 is 0 Å². The number of benzene rings is 4. The minimum atomic E-state index is -4.51. The summed E-state index contributed by atoms with van der Waals surface area (Å²) < 4.78 is 68.4. The van der Waals surface area contributed by atoms with E-state index >= 15 is 0 Å². The molecule has 1 amide bonds. The first-order valence-corrected chi connectivity index (χ1v) is 14.3. The molecule has 0 unspecified atom stereocenters. The second-order valence-corrected chi connectivity index (χ2v) is 11.7. The Labute approximate surface area is 268 Å². The summed E-state index contributed by atoms with van der Waals surface area (Å²) in [4.78, 5) is 24.1. The molecule has 7 nitrogen and oxygen atoms in total. The Morgan fingerprint density at radius 1 is 0.860 bits per heavy atom. The standard InChI is InChI=1S/C31H25F3N2O5S.Na.H/c32-31(33,34)25-6-3-5-23(17-25)22-12-14-26(15-13-22)42(40,41)36-27-7-2-1-4-24(27)18-28(36)30(39)35-19-21-10-8-20(9-11-21)16-29(37)38;;/h1-15,17,28H,16,18-19H2,(H,35,39)(H,37,38);;/t28-;;/m0../s1. The van der Waals surface area contributed by atoms with Crippen molar-refractivity contribution in [3.8, 4) is 11.1 Å². The Hall–Kier alpha value is -3.64. The number of carboxylic acids is 1. The molecule has 1 heterocycles. The molecule has 0 bridgehead atoms. The number of halogens is 3. The number of carbonyl (C=O) groups is 2. The molecule has 0 fully saturated rings. The third kappa shape index (κ3) is 7.13. The summed E-state index contributed by atoms with van der Waals surface area (Å²) in [6.07, 6.45) is -4.48.